The van der Waals surface area contributed by atoms with Gasteiger partial charge in [-0.25, -0.2) is 0 Å². The maximum Gasteiger partial charge on any atom is 0.139 e. The average Bonchev–Trinajstić information content (AvgIpc) is 2.49. The van der Waals surface area contributed by atoms with Gasteiger partial charge in [-0.3, -0.25) is 0 Å². The number of aromatic nitrogens is 1. The molecule has 0 radical (unpaired) electrons. The molecule has 0 aliphatic carbocycles. The molecule has 0 aliphatic rings. The summed E-state index contributed by atoms with van der Waals surface area (Å²) >= 11 is 1.37. The Morgan fingerprint density at radius 3 is 3.08 bits per heavy atom. The normalized spacial score (nSPS) is 12.8. The zero-order valence-corrected chi connectivity index (χ0v) is 8.73. The van der Waals surface area contributed by atoms with E-state index in [1.165, 1.54) is 11.5 Å². The van der Waals surface area contributed by atoms with Crippen molar-refractivity contribution in [1.29, 1.82) is 0 Å². The third-order valence-electron chi connectivity index (χ3n) is 1.54. The molecule has 0 amide bonds. The second-order valence-electron chi connectivity index (χ2n) is 2.76. The third kappa shape index (κ3) is 3.61. The van der Waals surface area contributed by atoms with Gasteiger partial charge in [-0.15, -0.1) is 0 Å². The van der Waals surface area contributed by atoms with Gasteiger partial charge in [0.25, 0.3) is 0 Å². The Hall–Kier alpha value is -0.810. The van der Waals surface area contributed by atoms with Crippen LogP contribution in [0.15, 0.2) is 6.07 Å². The lowest BCUT2D eigenvalue weighted by atomic mass is 10.4. The molecular weight excluding hydrogens is 186 g/mol. The first-order valence-electron chi connectivity index (χ1n) is 4.30. The minimum Gasteiger partial charge on any atom is -0.383 e. The first-order chi connectivity index (χ1) is 6.22. The van der Waals surface area contributed by atoms with Crippen LogP contribution in [0.4, 0.5) is 10.8 Å². The zero-order chi connectivity index (χ0) is 9.68. The number of hydrogen-bond acceptors (Lipinski definition) is 5. The fraction of sp³-hybridized carbons (Fsp3) is 0.625. The van der Waals surface area contributed by atoms with E-state index in [0.717, 1.165) is 18.2 Å². The van der Waals surface area contributed by atoms with Crippen LogP contribution in [-0.4, -0.2) is 23.6 Å². The van der Waals surface area contributed by atoms with Gasteiger partial charge in [0.1, 0.15) is 10.8 Å². The molecule has 0 bridgehead atoms. The molecule has 13 heavy (non-hydrogen) atoms. The second-order valence-corrected chi connectivity index (χ2v) is 3.57. The summed E-state index contributed by atoms with van der Waals surface area (Å²) in [5.41, 5.74) is 5.47. The number of nitrogens with one attached hydrogen (secondary N) is 1. The van der Waals surface area contributed by atoms with E-state index in [1.807, 2.05) is 19.9 Å². The second kappa shape index (κ2) is 5.04. The molecule has 0 fully saturated rings. The Morgan fingerprint density at radius 2 is 2.54 bits per heavy atom. The van der Waals surface area contributed by atoms with Crippen LogP contribution in [0.2, 0.25) is 0 Å². The summed E-state index contributed by atoms with van der Waals surface area (Å²) in [5.74, 6) is 0.566. The molecule has 1 atom stereocenters. The highest BCUT2D eigenvalue weighted by Gasteiger charge is 2.02. The van der Waals surface area contributed by atoms with Crippen molar-refractivity contribution >= 4 is 22.4 Å². The highest BCUT2D eigenvalue weighted by Crippen LogP contribution is 2.17. The van der Waals surface area contributed by atoms with Crippen molar-refractivity contribution in [3.05, 3.63) is 6.07 Å². The lowest BCUT2D eigenvalue weighted by Gasteiger charge is -2.11. The molecule has 1 unspecified atom stereocenters. The van der Waals surface area contributed by atoms with E-state index in [4.69, 9.17) is 10.5 Å². The molecule has 5 heteroatoms. The summed E-state index contributed by atoms with van der Waals surface area (Å²) in [6, 6.07) is 1.82. The van der Waals surface area contributed by atoms with Gasteiger partial charge in [0.15, 0.2) is 0 Å². The van der Waals surface area contributed by atoms with Crippen molar-refractivity contribution in [2.45, 2.75) is 20.0 Å². The zero-order valence-electron chi connectivity index (χ0n) is 7.91. The number of rotatable bonds is 5. The van der Waals surface area contributed by atoms with E-state index in [2.05, 4.69) is 9.69 Å². The van der Waals surface area contributed by atoms with Gasteiger partial charge in [-0.1, -0.05) is 0 Å². The van der Waals surface area contributed by atoms with Crippen LogP contribution >= 0.6 is 11.5 Å². The molecule has 1 rings (SSSR count). The maximum atomic E-state index is 5.47. The van der Waals surface area contributed by atoms with Crippen LogP contribution in [0, 0.1) is 0 Å². The number of ether oxygens (including phenoxy) is 1. The lowest BCUT2D eigenvalue weighted by molar-refractivity contribution is 0.0856. The number of nitrogens with zero attached hydrogens (tertiary/aromatic N) is 1. The molecule has 0 aliphatic heterocycles. The number of anilines is 2. The standard InChI is InChI=1S/C8H15N3OS/c1-3-12-6(2)5-10-8-4-7(9)11-13-8/h4,6,10H,3,5H2,1-2H3,(H2,9,11). The third-order valence-corrected chi connectivity index (χ3v) is 2.30. The van der Waals surface area contributed by atoms with Crippen LogP contribution in [0.3, 0.4) is 0 Å². The van der Waals surface area contributed by atoms with Crippen LogP contribution in [0.5, 0.6) is 0 Å². The number of nitrogens with two attached hydrogens (primary N) is 1. The first kappa shape index (κ1) is 10.3. The average molecular weight is 201 g/mol. The van der Waals surface area contributed by atoms with Gasteiger partial charge in [0.2, 0.25) is 0 Å². The highest BCUT2D eigenvalue weighted by atomic mass is 32.1. The van der Waals surface area contributed by atoms with Crippen molar-refractivity contribution < 1.29 is 4.74 Å². The molecule has 3 N–H and O–H groups in total. The topological polar surface area (TPSA) is 60.2 Å². The summed E-state index contributed by atoms with van der Waals surface area (Å²) in [6.07, 6.45) is 0.216. The predicted molar refractivity (Wildman–Crippen MR) is 56.1 cm³/mol. The van der Waals surface area contributed by atoms with Gasteiger partial charge in [0.05, 0.1) is 6.10 Å². The van der Waals surface area contributed by atoms with Crippen LogP contribution in [0.1, 0.15) is 13.8 Å². The van der Waals surface area contributed by atoms with E-state index >= 15 is 0 Å². The van der Waals surface area contributed by atoms with Crippen molar-refractivity contribution in [1.82, 2.24) is 4.37 Å². The smallest absolute Gasteiger partial charge is 0.139 e. The minimum atomic E-state index is 0.216. The monoisotopic (exact) mass is 201 g/mol. The fourth-order valence-electron chi connectivity index (χ4n) is 0.960. The largest absolute Gasteiger partial charge is 0.383 e. The Bertz CT molecular complexity index is 251. The van der Waals surface area contributed by atoms with Gasteiger partial charge < -0.3 is 15.8 Å². The predicted octanol–water partition coefficient (Wildman–Crippen LogP) is 1.56. The maximum absolute atomic E-state index is 5.47. The van der Waals surface area contributed by atoms with Crippen molar-refractivity contribution in [3.8, 4) is 0 Å². The van der Waals surface area contributed by atoms with E-state index in [0.29, 0.717) is 5.82 Å². The Morgan fingerprint density at radius 1 is 1.77 bits per heavy atom. The summed E-state index contributed by atoms with van der Waals surface area (Å²) in [4.78, 5) is 0. The highest BCUT2D eigenvalue weighted by molar-refractivity contribution is 7.10. The van der Waals surface area contributed by atoms with E-state index < -0.39 is 0 Å². The molecule has 4 nitrogen and oxygen atoms in total. The molecule has 0 saturated carbocycles. The van der Waals surface area contributed by atoms with E-state index in [9.17, 15) is 0 Å². The van der Waals surface area contributed by atoms with Gasteiger partial charge in [0, 0.05) is 19.2 Å². The van der Waals surface area contributed by atoms with Gasteiger partial charge in [-0.2, -0.15) is 4.37 Å². The molecule has 1 aromatic rings. The van der Waals surface area contributed by atoms with E-state index in [1.54, 1.807) is 0 Å². The molecule has 0 spiro atoms. The first-order valence-corrected chi connectivity index (χ1v) is 5.07. The van der Waals surface area contributed by atoms with Crippen LogP contribution < -0.4 is 11.1 Å². The molecule has 0 saturated heterocycles. The summed E-state index contributed by atoms with van der Waals surface area (Å²) < 4.78 is 9.32. The van der Waals surface area contributed by atoms with Gasteiger partial charge >= 0.3 is 0 Å². The SMILES string of the molecule is CCOC(C)CNc1cc(N)ns1. The fourth-order valence-corrected chi connectivity index (χ4v) is 1.54. The van der Waals surface area contributed by atoms with Crippen LogP contribution in [-0.2, 0) is 4.74 Å². The molecule has 74 valence electrons. The summed E-state index contributed by atoms with van der Waals surface area (Å²) in [6.45, 7) is 5.55. The Balaban J connectivity index is 2.26. The molecule has 1 aromatic heterocycles. The van der Waals surface area contributed by atoms with Crippen molar-refractivity contribution in [3.63, 3.8) is 0 Å². The van der Waals surface area contributed by atoms with Crippen molar-refractivity contribution in [2.24, 2.45) is 0 Å². The van der Waals surface area contributed by atoms with Crippen LogP contribution in [0.25, 0.3) is 0 Å². The molecule has 1 heterocycles. The Labute approximate surface area is 82.3 Å². The minimum absolute atomic E-state index is 0.216. The van der Waals surface area contributed by atoms with Crippen molar-refractivity contribution in [2.75, 3.05) is 24.2 Å². The van der Waals surface area contributed by atoms with E-state index in [-0.39, 0.29) is 6.10 Å². The molecule has 0 aromatic carbocycles. The summed E-state index contributed by atoms with van der Waals surface area (Å²) in [5, 5.41) is 4.19. The number of hydrogen-bond donors (Lipinski definition) is 2. The Kier molecular flexibility index (Phi) is 3.98. The van der Waals surface area contributed by atoms with Gasteiger partial charge in [-0.05, 0) is 25.4 Å². The molecular formula is C8H15N3OS. The summed E-state index contributed by atoms with van der Waals surface area (Å²) in [7, 11) is 0. The quantitative estimate of drug-likeness (QED) is 0.759. The number of nitrogen functional groups attached to an aromatic ring is 1. The lowest BCUT2D eigenvalue weighted by Crippen LogP contribution is -2.19.